The molecule has 0 amide bonds. The van der Waals surface area contributed by atoms with E-state index in [0.29, 0.717) is 34.9 Å². The van der Waals surface area contributed by atoms with Crippen LogP contribution in [0, 0.1) is 0 Å². The monoisotopic (exact) mass is 552 g/mol. The highest BCUT2D eigenvalue weighted by atomic mass is 16.5. The van der Waals surface area contributed by atoms with Crippen LogP contribution in [0.15, 0.2) is 134 Å². The molecule has 0 aliphatic rings. The zero-order chi connectivity index (χ0) is 28.6. The van der Waals surface area contributed by atoms with Crippen LogP contribution in [0.3, 0.4) is 0 Å². The Bertz CT molecular complexity index is 1730. The number of nitrogens with zero attached hydrogens (tertiary/aromatic N) is 2. The molecule has 206 valence electrons. The van der Waals surface area contributed by atoms with Crippen molar-refractivity contribution in [2.24, 2.45) is 0 Å². The molecule has 0 aliphatic heterocycles. The van der Waals surface area contributed by atoms with E-state index in [9.17, 15) is 4.79 Å². The molecule has 42 heavy (non-hydrogen) atoms. The molecule has 1 aromatic heterocycles. The van der Waals surface area contributed by atoms with E-state index in [1.54, 1.807) is 12.1 Å². The van der Waals surface area contributed by atoms with Gasteiger partial charge in [0.05, 0.1) is 17.2 Å². The van der Waals surface area contributed by atoms with Crippen molar-refractivity contribution in [2.75, 3.05) is 0 Å². The molecule has 6 nitrogen and oxygen atoms in total. The Balaban J connectivity index is 1.39. The van der Waals surface area contributed by atoms with Gasteiger partial charge in [0.25, 0.3) is 0 Å². The van der Waals surface area contributed by atoms with Gasteiger partial charge in [-0.2, -0.15) is 0 Å². The summed E-state index contributed by atoms with van der Waals surface area (Å²) in [6.07, 6.45) is 1.50. The zero-order valence-corrected chi connectivity index (χ0v) is 22.9. The van der Waals surface area contributed by atoms with Crippen LogP contribution in [-0.4, -0.2) is 15.8 Å². The molecule has 6 aromatic rings. The SMILES string of the molecule is O=C(c1cc(OCc2ccccc2)c(OCc2ccccc2)c(OCc2ccccc2)c1)c1cnc2ccccc2n1. The highest BCUT2D eigenvalue weighted by Crippen LogP contribution is 2.41. The van der Waals surface area contributed by atoms with Gasteiger partial charge in [-0.15, -0.1) is 0 Å². The molecule has 0 spiro atoms. The number of carbonyl (C=O) groups excluding carboxylic acids is 1. The van der Waals surface area contributed by atoms with Gasteiger partial charge >= 0.3 is 0 Å². The predicted octanol–water partition coefficient (Wildman–Crippen LogP) is 7.60. The van der Waals surface area contributed by atoms with E-state index < -0.39 is 0 Å². The molecule has 0 fully saturated rings. The fraction of sp³-hybridized carbons (Fsp3) is 0.0833. The van der Waals surface area contributed by atoms with E-state index in [2.05, 4.69) is 9.97 Å². The second-order valence-corrected chi connectivity index (χ2v) is 9.70. The number of ketones is 1. The molecule has 0 N–H and O–H groups in total. The van der Waals surface area contributed by atoms with Crippen molar-refractivity contribution in [3.8, 4) is 17.2 Å². The number of benzene rings is 5. The quantitative estimate of drug-likeness (QED) is 0.154. The van der Waals surface area contributed by atoms with E-state index in [0.717, 1.165) is 22.2 Å². The van der Waals surface area contributed by atoms with Gasteiger partial charge in [0.15, 0.2) is 11.5 Å². The number of carbonyl (C=O) groups is 1. The summed E-state index contributed by atoms with van der Waals surface area (Å²) < 4.78 is 19.0. The molecule has 0 bridgehead atoms. The molecule has 6 heteroatoms. The van der Waals surface area contributed by atoms with E-state index in [1.165, 1.54) is 6.20 Å². The number of fused-ring (bicyclic) bond motifs is 1. The number of hydrogen-bond donors (Lipinski definition) is 0. The Hall–Kier alpha value is -5.49. The van der Waals surface area contributed by atoms with Crippen molar-refractivity contribution in [3.05, 3.63) is 162 Å². The normalized spacial score (nSPS) is 10.8. The van der Waals surface area contributed by atoms with Crippen LogP contribution >= 0.6 is 0 Å². The highest BCUT2D eigenvalue weighted by Gasteiger charge is 2.21. The topological polar surface area (TPSA) is 70.5 Å². The molecule has 0 aliphatic carbocycles. The molecule has 1 heterocycles. The van der Waals surface area contributed by atoms with Crippen molar-refractivity contribution in [1.82, 2.24) is 9.97 Å². The first-order valence-corrected chi connectivity index (χ1v) is 13.7. The fourth-order valence-electron chi connectivity index (χ4n) is 4.48. The van der Waals surface area contributed by atoms with Crippen LogP contribution in [0.25, 0.3) is 11.0 Å². The first-order valence-electron chi connectivity index (χ1n) is 13.7. The third-order valence-corrected chi connectivity index (χ3v) is 6.66. The lowest BCUT2D eigenvalue weighted by Gasteiger charge is -2.19. The van der Waals surface area contributed by atoms with E-state index in [1.807, 2.05) is 115 Å². The van der Waals surface area contributed by atoms with Crippen molar-refractivity contribution in [2.45, 2.75) is 19.8 Å². The first kappa shape index (κ1) is 26.7. The van der Waals surface area contributed by atoms with Crippen LogP contribution in [0.2, 0.25) is 0 Å². The Kier molecular flexibility index (Phi) is 8.13. The summed E-state index contributed by atoms with van der Waals surface area (Å²) in [5, 5.41) is 0. The van der Waals surface area contributed by atoms with Gasteiger partial charge in [0.2, 0.25) is 11.5 Å². The Morgan fingerprint density at radius 3 is 1.52 bits per heavy atom. The summed E-state index contributed by atoms with van der Waals surface area (Å²) in [7, 11) is 0. The maximum absolute atomic E-state index is 13.8. The van der Waals surface area contributed by atoms with Gasteiger partial charge in [0.1, 0.15) is 25.5 Å². The second kappa shape index (κ2) is 12.8. The van der Waals surface area contributed by atoms with Gasteiger partial charge in [0, 0.05) is 5.56 Å². The number of aromatic nitrogens is 2. The summed E-state index contributed by atoms with van der Waals surface area (Å²) in [4.78, 5) is 22.8. The standard InChI is InChI=1S/C36H28N2O4/c39-35(32-22-37-30-18-10-11-19-31(30)38-32)29-20-33(40-23-26-12-4-1-5-13-26)36(42-25-28-16-8-3-9-17-28)34(21-29)41-24-27-14-6-2-7-15-27/h1-22H,23-25H2. The van der Waals surface area contributed by atoms with Crippen molar-refractivity contribution >= 4 is 16.8 Å². The molecule has 0 atom stereocenters. The minimum Gasteiger partial charge on any atom is -0.485 e. The van der Waals surface area contributed by atoms with Gasteiger partial charge in [-0.25, -0.2) is 4.98 Å². The summed E-state index contributed by atoms with van der Waals surface area (Å²) in [5.74, 6) is 0.929. The van der Waals surface area contributed by atoms with Gasteiger partial charge < -0.3 is 14.2 Å². The summed E-state index contributed by atoms with van der Waals surface area (Å²) in [6, 6.07) is 40.4. The molecule has 5 aromatic carbocycles. The third kappa shape index (κ3) is 6.45. The third-order valence-electron chi connectivity index (χ3n) is 6.66. The van der Waals surface area contributed by atoms with E-state index in [-0.39, 0.29) is 24.7 Å². The van der Waals surface area contributed by atoms with Crippen LogP contribution in [0.4, 0.5) is 0 Å². The molecule has 6 rings (SSSR count). The molecule has 0 radical (unpaired) electrons. The largest absolute Gasteiger partial charge is 0.485 e. The van der Waals surface area contributed by atoms with E-state index in [4.69, 9.17) is 14.2 Å². The molecule has 0 saturated carbocycles. The van der Waals surface area contributed by atoms with Gasteiger partial charge in [-0.05, 0) is 41.0 Å². The number of rotatable bonds is 11. The minimum atomic E-state index is -0.294. The number of ether oxygens (including phenoxy) is 3. The van der Waals surface area contributed by atoms with Crippen molar-refractivity contribution in [1.29, 1.82) is 0 Å². The maximum atomic E-state index is 13.8. The van der Waals surface area contributed by atoms with Gasteiger partial charge in [-0.1, -0.05) is 103 Å². The molecule has 0 unspecified atom stereocenters. The fourth-order valence-corrected chi connectivity index (χ4v) is 4.48. The Morgan fingerprint density at radius 1 is 0.548 bits per heavy atom. The molecular formula is C36H28N2O4. The predicted molar refractivity (Wildman–Crippen MR) is 162 cm³/mol. The Labute approximate surface area is 244 Å². The number of para-hydroxylation sites is 2. The van der Waals surface area contributed by atoms with Crippen LogP contribution in [0.1, 0.15) is 32.7 Å². The Morgan fingerprint density at radius 2 is 1.00 bits per heavy atom. The second-order valence-electron chi connectivity index (χ2n) is 9.70. The lowest BCUT2D eigenvalue weighted by atomic mass is 10.1. The first-order chi connectivity index (χ1) is 20.7. The lowest BCUT2D eigenvalue weighted by Crippen LogP contribution is -2.09. The minimum absolute atomic E-state index is 0.231. The van der Waals surface area contributed by atoms with E-state index >= 15 is 0 Å². The van der Waals surface area contributed by atoms with Crippen molar-refractivity contribution < 1.29 is 19.0 Å². The van der Waals surface area contributed by atoms with Crippen LogP contribution in [-0.2, 0) is 19.8 Å². The zero-order valence-electron chi connectivity index (χ0n) is 22.9. The lowest BCUT2D eigenvalue weighted by molar-refractivity contribution is 0.103. The summed E-state index contributed by atoms with van der Waals surface area (Å²) in [6.45, 7) is 0.871. The van der Waals surface area contributed by atoms with Crippen LogP contribution < -0.4 is 14.2 Å². The van der Waals surface area contributed by atoms with Gasteiger partial charge in [-0.3, -0.25) is 9.78 Å². The van der Waals surface area contributed by atoms with Crippen molar-refractivity contribution in [3.63, 3.8) is 0 Å². The summed E-state index contributed by atoms with van der Waals surface area (Å²) >= 11 is 0. The summed E-state index contributed by atoms with van der Waals surface area (Å²) in [5.41, 5.74) is 4.91. The molecular weight excluding hydrogens is 524 g/mol. The smallest absolute Gasteiger partial charge is 0.213 e. The molecule has 0 saturated heterocycles. The average Bonchev–Trinajstić information content (AvgIpc) is 3.06. The average molecular weight is 553 g/mol. The highest BCUT2D eigenvalue weighted by molar-refractivity contribution is 6.09. The maximum Gasteiger partial charge on any atom is 0.213 e. The van der Waals surface area contributed by atoms with Crippen LogP contribution in [0.5, 0.6) is 17.2 Å². The number of hydrogen-bond acceptors (Lipinski definition) is 6.